The van der Waals surface area contributed by atoms with Gasteiger partial charge in [0.1, 0.15) is 0 Å². The number of nitrogens with zero attached hydrogens (tertiary/aromatic N) is 1. The second-order valence-electron chi connectivity index (χ2n) is 4.34. The van der Waals surface area contributed by atoms with Gasteiger partial charge in [-0.15, -0.1) is 0 Å². The second kappa shape index (κ2) is 4.64. The molecule has 94 valence electrons. The van der Waals surface area contributed by atoms with Gasteiger partial charge < -0.3 is 10.2 Å². The molecular formula is C11H17N3O2S. The summed E-state index contributed by atoms with van der Waals surface area (Å²) < 4.78 is 22.3. The Morgan fingerprint density at radius 2 is 2.00 bits per heavy atom. The standard InChI is InChI=1S/C11H17N3O2S/c1-9-8-14(7-6-13-9)10-2-4-11(5-3-10)17(12,15)16/h2-5,9,13H,6-8H2,1H3,(H2,12,15,16). The molecule has 1 unspecified atom stereocenters. The monoisotopic (exact) mass is 255 g/mol. The zero-order valence-electron chi connectivity index (χ0n) is 9.76. The van der Waals surface area contributed by atoms with Gasteiger partial charge in [-0.05, 0) is 31.2 Å². The molecule has 1 atom stereocenters. The molecule has 1 saturated heterocycles. The molecule has 6 heteroatoms. The highest BCUT2D eigenvalue weighted by Crippen LogP contribution is 2.18. The molecule has 0 aliphatic carbocycles. The number of hydrogen-bond donors (Lipinski definition) is 2. The van der Waals surface area contributed by atoms with Crippen LogP contribution >= 0.6 is 0 Å². The second-order valence-corrected chi connectivity index (χ2v) is 5.90. The van der Waals surface area contributed by atoms with E-state index in [1.807, 2.05) is 0 Å². The largest absolute Gasteiger partial charge is 0.369 e. The topological polar surface area (TPSA) is 75.4 Å². The summed E-state index contributed by atoms with van der Waals surface area (Å²) in [5.74, 6) is 0. The first kappa shape index (κ1) is 12.3. The van der Waals surface area contributed by atoms with Crippen molar-refractivity contribution in [2.75, 3.05) is 24.5 Å². The summed E-state index contributed by atoms with van der Waals surface area (Å²) in [6.07, 6.45) is 0. The lowest BCUT2D eigenvalue weighted by Gasteiger charge is -2.33. The Morgan fingerprint density at radius 1 is 1.35 bits per heavy atom. The summed E-state index contributed by atoms with van der Waals surface area (Å²) in [5.41, 5.74) is 1.03. The Balaban J connectivity index is 2.18. The van der Waals surface area contributed by atoms with Gasteiger partial charge in [0.05, 0.1) is 4.90 Å². The van der Waals surface area contributed by atoms with Gasteiger partial charge in [0, 0.05) is 31.4 Å². The van der Waals surface area contributed by atoms with Crippen LogP contribution in [-0.2, 0) is 10.0 Å². The van der Waals surface area contributed by atoms with Crippen LogP contribution in [0.3, 0.4) is 0 Å². The summed E-state index contributed by atoms with van der Waals surface area (Å²) >= 11 is 0. The molecule has 0 radical (unpaired) electrons. The molecule has 1 aromatic rings. The first-order chi connectivity index (χ1) is 7.97. The smallest absolute Gasteiger partial charge is 0.238 e. The van der Waals surface area contributed by atoms with Gasteiger partial charge in [-0.25, -0.2) is 13.6 Å². The Labute approximate surface area is 102 Å². The number of nitrogens with one attached hydrogen (secondary N) is 1. The lowest BCUT2D eigenvalue weighted by atomic mass is 10.2. The first-order valence-electron chi connectivity index (χ1n) is 5.58. The van der Waals surface area contributed by atoms with Crippen molar-refractivity contribution in [2.45, 2.75) is 17.9 Å². The fourth-order valence-corrected chi connectivity index (χ4v) is 2.53. The minimum Gasteiger partial charge on any atom is -0.369 e. The number of sulfonamides is 1. The van der Waals surface area contributed by atoms with E-state index in [-0.39, 0.29) is 4.90 Å². The molecule has 1 aliphatic rings. The Kier molecular flexibility index (Phi) is 3.37. The molecule has 1 fully saturated rings. The van der Waals surface area contributed by atoms with Crippen molar-refractivity contribution in [2.24, 2.45) is 5.14 Å². The van der Waals surface area contributed by atoms with Crippen LogP contribution in [0.25, 0.3) is 0 Å². The quantitative estimate of drug-likeness (QED) is 0.788. The van der Waals surface area contributed by atoms with Gasteiger partial charge in [0.25, 0.3) is 0 Å². The van der Waals surface area contributed by atoms with Crippen LogP contribution in [-0.4, -0.2) is 34.1 Å². The van der Waals surface area contributed by atoms with Gasteiger partial charge in [-0.3, -0.25) is 0 Å². The van der Waals surface area contributed by atoms with Crippen LogP contribution in [0.1, 0.15) is 6.92 Å². The van der Waals surface area contributed by atoms with E-state index < -0.39 is 10.0 Å². The molecule has 3 N–H and O–H groups in total. The predicted molar refractivity (Wildman–Crippen MR) is 67.5 cm³/mol. The van der Waals surface area contributed by atoms with Gasteiger partial charge in [0.15, 0.2) is 0 Å². The summed E-state index contributed by atoms with van der Waals surface area (Å²) in [7, 11) is -3.59. The molecule has 0 bridgehead atoms. The van der Waals surface area contributed by atoms with E-state index >= 15 is 0 Å². The fraction of sp³-hybridized carbons (Fsp3) is 0.455. The van der Waals surface area contributed by atoms with E-state index in [0.717, 1.165) is 25.3 Å². The van der Waals surface area contributed by atoms with Crippen molar-refractivity contribution < 1.29 is 8.42 Å². The van der Waals surface area contributed by atoms with E-state index in [4.69, 9.17) is 5.14 Å². The molecule has 1 heterocycles. The maximum Gasteiger partial charge on any atom is 0.238 e. The van der Waals surface area contributed by atoms with Crippen molar-refractivity contribution in [1.29, 1.82) is 0 Å². The van der Waals surface area contributed by atoms with Crippen molar-refractivity contribution in [1.82, 2.24) is 5.32 Å². The Hall–Kier alpha value is -1.11. The number of hydrogen-bond acceptors (Lipinski definition) is 4. The molecule has 0 amide bonds. The van der Waals surface area contributed by atoms with E-state index in [0.29, 0.717) is 6.04 Å². The minimum atomic E-state index is -3.59. The summed E-state index contributed by atoms with van der Waals surface area (Å²) in [4.78, 5) is 2.39. The molecule has 1 aromatic carbocycles. The number of primary sulfonamides is 1. The number of rotatable bonds is 2. The molecule has 5 nitrogen and oxygen atoms in total. The van der Waals surface area contributed by atoms with Crippen molar-refractivity contribution >= 4 is 15.7 Å². The molecule has 1 aliphatic heterocycles. The third kappa shape index (κ3) is 2.96. The fourth-order valence-electron chi connectivity index (χ4n) is 2.01. The third-order valence-corrected chi connectivity index (χ3v) is 3.83. The zero-order chi connectivity index (χ0) is 12.5. The van der Waals surface area contributed by atoms with E-state index in [9.17, 15) is 8.42 Å². The van der Waals surface area contributed by atoms with Crippen LogP contribution in [0, 0.1) is 0 Å². The van der Waals surface area contributed by atoms with Gasteiger partial charge in [-0.1, -0.05) is 0 Å². The van der Waals surface area contributed by atoms with E-state index in [1.54, 1.807) is 24.3 Å². The highest BCUT2D eigenvalue weighted by Gasteiger charge is 2.16. The highest BCUT2D eigenvalue weighted by molar-refractivity contribution is 7.89. The average Bonchev–Trinajstić information content (AvgIpc) is 2.28. The van der Waals surface area contributed by atoms with Crippen molar-refractivity contribution in [3.63, 3.8) is 0 Å². The van der Waals surface area contributed by atoms with Crippen LogP contribution in [0.4, 0.5) is 5.69 Å². The number of nitrogens with two attached hydrogens (primary N) is 1. The lowest BCUT2D eigenvalue weighted by Crippen LogP contribution is -2.49. The Bertz CT molecular complexity index is 484. The van der Waals surface area contributed by atoms with Crippen LogP contribution in [0.5, 0.6) is 0 Å². The van der Waals surface area contributed by atoms with Crippen LogP contribution in [0.15, 0.2) is 29.2 Å². The van der Waals surface area contributed by atoms with Crippen molar-refractivity contribution in [3.05, 3.63) is 24.3 Å². The average molecular weight is 255 g/mol. The van der Waals surface area contributed by atoms with Crippen LogP contribution < -0.4 is 15.4 Å². The highest BCUT2D eigenvalue weighted by atomic mass is 32.2. The molecule has 17 heavy (non-hydrogen) atoms. The number of benzene rings is 1. The van der Waals surface area contributed by atoms with E-state index in [2.05, 4.69) is 17.1 Å². The predicted octanol–water partition coefficient (Wildman–Crippen LogP) is 0.132. The van der Waals surface area contributed by atoms with E-state index in [1.165, 1.54) is 0 Å². The first-order valence-corrected chi connectivity index (χ1v) is 7.12. The molecule has 0 saturated carbocycles. The minimum absolute atomic E-state index is 0.157. The maximum atomic E-state index is 11.1. The van der Waals surface area contributed by atoms with Gasteiger partial charge >= 0.3 is 0 Å². The van der Waals surface area contributed by atoms with Crippen LogP contribution in [0.2, 0.25) is 0 Å². The molecule has 2 rings (SSSR count). The summed E-state index contributed by atoms with van der Waals surface area (Å²) in [6.45, 7) is 4.93. The summed E-state index contributed by atoms with van der Waals surface area (Å²) in [5, 5.41) is 8.42. The Morgan fingerprint density at radius 3 is 2.53 bits per heavy atom. The molecule has 0 aromatic heterocycles. The molecular weight excluding hydrogens is 238 g/mol. The number of anilines is 1. The number of piperazine rings is 1. The third-order valence-electron chi connectivity index (χ3n) is 2.90. The summed E-state index contributed by atoms with van der Waals surface area (Å²) in [6, 6.07) is 7.16. The normalized spacial score (nSPS) is 21.5. The SMILES string of the molecule is CC1CN(c2ccc(S(N)(=O)=O)cc2)CCN1. The zero-order valence-corrected chi connectivity index (χ0v) is 10.6. The lowest BCUT2D eigenvalue weighted by molar-refractivity contribution is 0.485. The van der Waals surface area contributed by atoms with Crippen molar-refractivity contribution in [3.8, 4) is 0 Å². The van der Waals surface area contributed by atoms with Gasteiger partial charge in [0.2, 0.25) is 10.0 Å². The van der Waals surface area contributed by atoms with Gasteiger partial charge in [-0.2, -0.15) is 0 Å². The maximum absolute atomic E-state index is 11.1. The molecule has 0 spiro atoms.